The van der Waals surface area contributed by atoms with Crippen LogP contribution in [0.1, 0.15) is 25.7 Å². The fourth-order valence-corrected chi connectivity index (χ4v) is 2.08. The molecule has 15 heavy (non-hydrogen) atoms. The van der Waals surface area contributed by atoms with Crippen LogP contribution in [0.4, 0.5) is 0 Å². The zero-order valence-electron chi connectivity index (χ0n) is 8.66. The van der Waals surface area contributed by atoms with Gasteiger partial charge in [0, 0.05) is 6.20 Å². The molecule has 1 fully saturated rings. The summed E-state index contributed by atoms with van der Waals surface area (Å²) in [4.78, 5) is 8.60. The van der Waals surface area contributed by atoms with E-state index >= 15 is 0 Å². The molecule has 1 unspecified atom stereocenters. The number of hydrogen-bond acceptors (Lipinski definition) is 4. The molecule has 1 atom stereocenters. The summed E-state index contributed by atoms with van der Waals surface area (Å²) in [6.07, 6.45) is 3.97. The summed E-state index contributed by atoms with van der Waals surface area (Å²) in [5.41, 5.74) is 1.35. The zero-order valence-corrected chi connectivity index (χ0v) is 8.66. The van der Waals surface area contributed by atoms with E-state index in [0.717, 1.165) is 24.4 Å². The molecular weight excluding hydrogens is 190 g/mol. The van der Waals surface area contributed by atoms with Crippen LogP contribution in [0.2, 0.25) is 0 Å². The van der Waals surface area contributed by atoms with Crippen molar-refractivity contribution in [1.82, 2.24) is 15.3 Å². The highest BCUT2D eigenvalue weighted by molar-refractivity contribution is 5.67. The molecule has 0 aromatic carbocycles. The van der Waals surface area contributed by atoms with E-state index in [-0.39, 0.29) is 5.54 Å². The Hall–Kier alpha value is -1.42. The SMILES string of the molecule is CC1(c2nc3ncccc3o2)CCCN1. The van der Waals surface area contributed by atoms with Gasteiger partial charge in [0.1, 0.15) is 0 Å². The van der Waals surface area contributed by atoms with Crippen LogP contribution in [0.3, 0.4) is 0 Å². The predicted molar refractivity (Wildman–Crippen MR) is 56.4 cm³/mol. The van der Waals surface area contributed by atoms with E-state index in [2.05, 4.69) is 22.2 Å². The highest BCUT2D eigenvalue weighted by atomic mass is 16.4. The van der Waals surface area contributed by atoms with Crippen LogP contribution in [0.15, 0.2) is 22.7 Å². The molecule has 1 N–H and O–H groups in total. The second-order valence-corrected chi connectivity index (χ2v) is 4.21. The number of rotatable bonds is 1. The monoisotopic (exact) mass is 203 g/mol. The van der Waals surface area contributed by atoms with Crippen molar-refractivity contribution in [3.63, 3.8) is 0 Å². The Kier molecular flexibility index (Phi) is 1.79. The summed E-state index contributed by atoms with van der Waals surface area (Å²) < 4.78 is 5.72. The highest BCUT2D eigenvalue weighted by Gasteiger charge is 2.35. The Balaban J connectivity index is 2.11. The molecule has 2 aromatic rings. The molecule has 0 spiro atoms. The van der Waals surface area contributed by atoms with Gasteiger partial charge in [-0.2, -0.15) is 4.98 Å². The Morgan fingerprint density at radius 2 is 2.47 bits per heavy atom. The van der Waals surface area contributed by atoms with Crippen LogP contribution in [0.25, 0.3) is 11.2 Å². The first-order valence-corrected chi connectivity index (χ1v) is 5.25. The molecule has 78 valence electrons. The summed E-state index contributed by atoms with van der Waals surface area (Å²) >= 11 is 0. The van der Waals surface area contributed by atoms with Crippen LogP contribution in [-0.4, -0.2) is 16.5 Å². The van der Waals surface area contributed by atoms with Gasteiger partial charge in [0.2, 0.25) is 5.89 Å². The first-order valence-electron chi connectivity index (χ1n) is 5.25. The average molecular weight is 203 g/mol. The van der Waals surface area contributed by atoms with Gasteiger partial charge in [-0.1, -0.05) is 0 Å². The maximum atomic E-state index is 5.72. The molecule has 3 heterocycles. The maximum Gasteiger partial charge on any atom is 0.217 e. The van der Waals surface area contributed by atoms with Crippen molar-refractivity contribution in [2.75, 3.05) is 6.54 Å². The lowest BCUT2D eigenvalue weighted by atomic mass is 10.0. The average Bonchev–Trinajstić information content (AvgIpc) is 2.84. The molecule has 1 aliphatic rings. The minimum atomic E-state index is -0.110. The van der Waals surface area contributed by atoms with Crippen LogP contribution in [0.5, 0.6) is 0 Å². The van der Waals surface area contributed by atoms with Crippen molar-refractivity contribution in [1.29, 1.82) is 0 Å². The number of nitrogens with zero attached hydrogens (tertiary/aromatic N) is 2. The largest absolute Gasteiger partial charge is 0.437 e. The van der Waals surface area contributed by atoms with Gasteiger partial charge in [0.05, 0.1) is 5.54 Å². The smallest absolute Gasteiger partial charge is 0.217 e. The minimum Gasteiger partial charge on any atom is -0.437 e. The van der Waals surface area contributed by atoms with E-state index in [0.29, 0.717) is 5.65 Å². The van der Waals surface area contributed by atoms with E-state index in [1.807, 2.05) is 12.1 Å². The van der Waals surface area contributed by atoms with Gasteiger partial charge < -0.3 is 9.73 Å². The van der Waals surface area contributed by atoms with Crippen molar-refractivity contribution in [2.45, 2.75) is 25.3 Å². The molecule has 0 amide bonds. The Morgan fingerprint density at radius 1 is 1.53 bits per heavy atom. The second kappa shape index (κ2) is 3.03. The van der Waals surface area contributed by atoms with Gasteiger partial charge in [0.25, 0.3) is 0 Å². The summed E-state index contributed by atoms with van der Waals surface area (Å²) in [7, 11) is 0. The van der Waals surface area contributed by atoms with Gasteiger partial charge in [0.15, 0.2) is 11.2 Å². The van der Waals surface area contributed by atoms with E-state index in [1.54, 1.807) is 6.20 Å². The molecule has 4 nitrogen and oxygen atoms in total. The van der Waals surface area contributed by atoms with Crippen molar-refractivity contribution in [3.05, 3.63) is 24.2 Å². The van der Waals surface area contributed by atoms with Crippen molar-refractivity contribution in [2.24, 2.45) is 0 Å². The fourth-order valence-electron chi connectivity index (χ4n) is 2.08. The van der Waals surface area contributed by atoms with E-state index in [1.165, 1.54) is 6.42 Å². The third kappa shape index (κ3) is 1.33. The van der Waals surface area contributed by atoms with Gasteiger partial charge in [-0.3, -0.25) is 0 Å². The number of aromatic nitrogens is 2. The third-order valence-corrected chi connectivity index (χ3v) is 3.01. The summed E-state index contributed by atoms with van der Waals surface area (Å²) in [5.74, 6) is 0.758. The number of oxazole rings is 1. The third-order valence-electron chi connectivity index (χ3n) is 3.01. The van der Waals surface area contributed by atoms with E-state index in [4.69, 9.17) is 4.42 Å². The normalized spacial score (nSPS) is 26.2. The summed E-state index contributed by atoms with van der Waals surface area (Å²) in [6, 6.07) is 3.76. The zero-order chi connectivity index (χ0) is 10.3. The molecule has 0 bridgehead atoms. The molecule has 0 radical (unpaired) electrons. The van der Waals surface area contributed by atoms with Crippen molar-refractivity contribution in [3.8, 4) is 0 Å². The molecular formula is C11H13N3O. The topological polar surface area (TPSA) is 51.0 Å². The number of fused-ring (bicyclic) bond motifs is 1. The Bertz CT molecular complexity index is 452. The van der Waals surface area contributed by atoms with Gasteiger partial charge in [-0.15, -0.1) is 0 Å². The first kappa shape index (κ1) is 8.85. The predicted octanol–water partition coefficient (Wildman–Crippen LogP) is 1.82. The maximum absolute atomic E-state index is 5.72. The minimum absolute atomic E-state index is 0.110. The number of pyridine rings is 1. The molecule has 0 aliphatic carbocycles. The van der Waals surface area contributed by atoms with Crippen LogP contribution in [0, 0.1) is 0 Å². The van der Waals surface area contributed by atoms with E-state index < -0.39 is 0 Å². The molecule has 1 aliphatic heterocycles. The van der Waals surface area contributed by atoms with Crippen LogP contribution in [-0.2, 0) is 5.54 Å². The molecule has 1 saturated heterocycles. The highest BCUT2D eigenvalue weighted by Crippen LogP contribution is 2.31. The van der Waals surface area contributed by atoms with Gasteiger partial charge in [-0.25, -0.2) is 4.98 Å². The lowest BCUT2D eigenvalue weighted by Gasteiger charge is -2.19. The molecule has 4 heteroatoms. The first-order chi connectivity index (χ1) is 7.28. The van der Waals surface area contributed by atoms with Gasteiger partial charge in [-0.05, 0) is 38.4 Å². The molecule has 3 rings (SSSR count). The second-order valence-electron chi connectivity index (χ2n) is 4.21. The standard InChI is InChI=1S/C11H13N3O/c1-11(5-3-7-13-11)10-14-9-8(15-10)4-2-6-12-9/h2,4,6,13H,3,5,7H2,1H3. The Labute approximate surface area is 87.7 Å². The van der Waals surface area contributed by atoms with E-state index in [9.17, 15) is 0 Å². The lowest BCUT2D eigenvalue weighted by Crippen LogP contribution is -2.33. The Morgan fingerprint density at radius 3 is 3.20 bits per heavy atom. The lowest BCUT2D eigenvalue weighted by molar-refractivity contribution is 0.330. The quantitative estimate of drug-likeness (QED) is 0.768. The fraction of sp³-hybridized carbons (Fsp3) is 0.455. The van der Waals surface area contributed by atoms with Crippen molar-refractivity contribution >= 4 is 11.2 Å². The molecule has 0 saturated carbocycles. The van der Waals surface area contributed by atoms with Crippen LogP contribution >= 0.6 is 0 Å². The van der Waals surface area contributed by atoms with Crippen molar-refractivity contribution < 1.29 is 4.42 Å². The number of nitrogens with one attached hydrogen (secondary N) is 1. The van der Waals surface area contributed by atoms with Crippen LogP contribution < -0.4 is 5.32 Å². The summed E-state index contributed by atoms with van der Waals surface area (Å²) in [5, 5.41) is 3.43. The van der Waals surface area contributed by atoms with Gasteiger partial charge >= 0.3 is 0 Å². The number of hydrogen-bond donors (Lipinski definition) is 1. The molecule has 2 aromatic heterocycles. The summed E-state index contributed by atoms with van der Waals surface area (Å²) in [6.45, 7) is 3.16.